The van der Waals surface area contributed by atoms with Gasteiger partial charge in [0, 0.05) is 42.0 Å². The molecule has 1 aromatic heterocycles. The van der Waals surface area contributed by atoms with Gasteiger partial charge in [-0.05, 0) is 63.4 Å². The zero-order valence-electron chi connectivity index (χ0n) is 18.5. The van der Waals surface area contributed by atoms with Gasteiger partial charge in [0.2, 0.25) is 5.91 Å². The molecule has 1 aromatic carbocycles. The van der Waals surface area contributed by atoms with Crippen molar-refractivity contribution in [2.24, 2.45) is 11.8 Å². The van der Waals surface area contributed by atoms with Gasteiger partial charge in [-0.2, -0.15) is 0 Å². The first-order valence-electron chi connectivity index (χ1n) is 11.0. The second-order valence-corrected chi connectivity index (χ2v) is 11.8. The molecule has 0 radical (unpaired) electrons. The van der Waals surface area contributed by atoms with Gasteiger partial charge in [-0.25, -0.2) is 4.39 Å². The Morgan fingerprint density at radius 1 is 1.29 bits per heavy atom. The molecular weight excluding hydrogens is 429 g/mol. The normalized spacial score (nSPS) is 23.3. The largest absolute Gasteiger partial charge is 0.369 e. The van der Waals surface area contributed by atoms with Crippen molar-refractivity contribution in [2.75, 3.05) is 32.1 Å². The Morgan fingerprint density at radius 2 is 2.03 bits per heavy atom. The molecule has 31 heavy (non-hydrogen) atoms. The maximum absolute atomic E-state index is 14.7. The number of rotatable bonds is 6. The number of anilines is 1. The number of nitrogens with zero attached hydrogens (tertiary/aromatic N) is 3. The summed E-state index contributed by atoms with van der Waals surface area (Å²) in [6, 6.07) is 7.76. The number of piperidine rings is 1. The first kappa shape index (κ1) is 22.8. The highest BCUT2D eigenvalue weighted by Crippen LogP contribution is 2.44. The van der Waals surface area contributed by atoms with E-state index in [-0.39, 0.29) is 18.0 Å². The number of pyridine rings is 1. The third-order valence-corrected chi connectivity index (χ3v) is 7.02. The fourth-order valence-electron chi connectivity index (χ4n) is 4.96. The minimum Gasteiger partial charge on any atom is -0.369 e. The first-order valence-corrected chi connectivity index (χ1v) is 12.2. The van der Waals surface area contributed by atoms with E-state index in [1.165, 1.54) is 0 Å². The second-order valence-electron chi connectivity index (χ2n) is 9.50. The van der Waals surface area contributed by atoms with Gasteiger partial charge in [0.05, 0.1) is 11.6 Å². The Hall–Kier alpha value is -1.35. The molecular formula is C23H33FN4OP2. The predicted molar refractivity (Wildman–Crippen MR) is 132 cm³/mol. The van der Waals surface area contributed by atoms with E-state index in [4.69, 9.17) is 0 Å². The monoisotopic (exact) mass is 462 g/mol. The zero-order chi connectivity index (χ0) is 22.3. The maximum Gasteiger partial charge on any atom is 0.237 e. The summed E-state index contributed by atoms with van der Waals surface area (Å²) in [5.74, 6) is 1.06. The van der Waals surface area contributed by atoms with E-state index in [2.05, 4.69) is 40.6 Å². The Morgan fingerprint density at radius 3 is 2.68 bits per heavy atom. The molecule has 5 nitrogen and oxygen atoms in total. The molecule has 0 bridgehead atoms. The second kappa shape index (κ2) is 8.89. The average Bonchev–Trinajstić information content (AvgIpc) is 3.50. The quantitative estimate of drug-likeness (QED) is 0.665. The van der Waals surface area contributed by atoms with Crippen molar-refractivity contribution >= 4 is 41.0 Å². The van der Waals surface area contributed by atoms with Crippen molar-refractivity contribution in [3.63, 3.8) is 0 Å². The van der Waals surface area contributed by atoms with Gasteiger partial charge in [-0.1, -0.05) is 31.5 Å². The van der Waals surface area contributed by atoms with Crippen LogP contribution in [0.25, 0.3) is 10.9 Å². The number of carbonyl (C=O) groups is 1. The molecule has 1 saturated carbocycles. The number of nitrogens with one attached hydrogen (secondary N) is 1. The van der Waals surface area contributed by atoms with E-state index >= 15 is 0 Å². The number of fused-ring (bicyclic) bond motifs is 1. The molecule has 2 aliphatic rings. The lowest BCUT2D eigenvalue weighted by molar-refractivity contribution is -0.127. The number of halogens is 1. The lowest BCUT2D eigenvalue weighted by atomic mass is 9.94. The van der Waals surface area contributed by atoms with E-state index in [1.54, 1.807) is 6.20 Å². The molecule has 5 atom stereocenters. The maximum atomic E-state index is 14.7. The molecule has 1 aliphatic carbocycles. The fourth-order valence-corrected chi connectivity index (χ4v) is 5.43. The number of carbonyl (C=O) groups excluding carboxylic acids is 1. The molecule has 2 fully saturated rings. The first-order chi connectivity index (χ1) is 14.6. The van der Waals surface area contributed by atoms with E-state index < -0.39 is 5.15 Å². The van der Waals surface area contributed by atoms with Crippen molar-refractivity contribution in [2.45, 2.75) is 43.4 Å². The topological polar surface area (TPSA) is 48.5 Å². The van der Waals surface area contributed by atoms with Gasteiger partial charge in [0.25, 0.3) is 0 Å². The molecule has 1 amide bonds. The van der Waals surface area contributed by atoms with Crippen LogP contribution >= 0.6 is 18.5 Å². The van der Waals surface area contributed by atoms with Gasteiger partial charge in [0.15, 0.2) is 5.15 Å². The van der Waals surface area contributed by atoms with Gasteiger partial charge in [0.1, 0.15) is 0 Å². The summed E-state index contributed by atoms with van der Waals surface area (Å²) >= 11 is 0. The summed E-state index contributed by atoms with van der Waals surface area (Å²) in [6.45, 7) is 3.87. The lowest BCUT2D eigenvalue weighted by Crippen LogP contribution is -2.55. The molecule has 3 unspecified atom stereocenters. The molecule has 1 saturated heterocycles. The van der Waals surface area contributed by atoms with E-state index in [0.29, 0.717) is 22.9 Å². The molecule has 2 aromatic rings. The van der Waals surface area contributed by atoms with Crippen LogP contribution in [0, 0.1) is 11.8 Å². The van der Waals surface area contributed by atoms with Crippen molar-refractivity contribution in [1.29, 1.82) is 0 Å². The van der Waals surface area contributed by atoms with E-state index in [0.717, 1.165) is 43.4 Å². The molecule has 1 aliphatic heterocycles. The minimum atomic E-state index is -1.62. The third kappa shape index (κ3) is 5.02. The van der Waals surface area contributed by atoms with Crippen LogP contribution < -0.4 is 10.2 Å². The summed E-state index contributed by atoms with van der Waals surface area (Å²) in [5.41, 5.74) is 2.26. The smallest absolute Gasteiger partial charge is 0.237 e. The Balaban J connectivity index is 1.59. The standard InChI is InChI=1S/C23H33FN4OP2/c1-14-11-16(26-22(29)21(27(2)3)15-6-7-15)13-28(12-14)19-9-8-18(23(24,30)31)20-17(19)5-4-10-25-20/h4-5,8-10,14-16,21H,6-7,11-13,30-31H2,1-3H3,(H,26,29)/t14-,16+,21?/m0/s1. The number of likely N-dealkylation sites (N-methyl/N-ethyl adjacent to an activating group) is 1. The van der Waals surface area contributed by atoms with Gasteiger partial charge >= 0.3 is 0 Å². The molecule has 4 rings (SSSR count). The van der Waals surface area contributed by atoms with Gasteiger partial charge in [-0.15, -0.1) is 0 Å². The summed E-state index contributed by atoms with van der Waals surface area (Å²) in [7, 11) is 8.45. The molecule has 168 valence electrons. The number of benzene rings is 1. The van der Waals surface area contributed by atoms with Crippen LogP contribution in [-0.2, 0) is 9.95 Å². The van der Waals surface area contributed by atoms with Crippen molar-refractivity contribution in [3.05, 3.63) is 36.0 Å². The number of amides is 1. The van der Waals surface area contributed by atoms with Crippen LogP contribution in [0.3, 0.4) is 0 Å². The van der Waals surface area contributed by atoms with E-state index in [1.807, 2.05) is 43.3 Å². The van der Waals surface area contributed by atoms with Crippen molar-refractivity contribution < 1.29 is 9.18 Å². The molecule has 1 N–H and O–H groups in total. The highest BCUT2D eigenvalue weighted by Gasteiger charge is 2.39. The number of aromatic nitrogens is 1. The van der Waals surface area contributed by atoms with Crippen molar-refractivity contribution in [1.82, 2.24) is 15.2 Å². The van der Waals surface area contributed by atoms with E-state index in [9.17, 15) is 9.18 Å². The van der Waals surface area contributed by atoms with Crippen LogP contribution in [0.5, 0.6) is 0 Å². The lowest BCUT2D eigenvalue weighted by Gasteiger charge is -2.39. The van der Waals surface area contributed by atoms with Crippen LogP contribution in [0.4, 0.5) is 10.1 Å². The highest BCUT2D eigenvalue weighted by atomic mass is 31.1. The minimum absolute atomic E-state index is 0.0446. The molecule has 2 heterocycles. The fraction of sp³-hybridized carbons (Fsp3) is 0.565. The molecule has 8 heteroatoms. The predicted octanol–water partition coefficient (Wildman–Crippen LogP) is 3.74. The van der Waals surface area contributed by atoms with Crippen molar-refractivity contribution in [3.8, 4) is 0 Å². The van der Waals surface area contributed by atoms with Gasteiger partial charge in [-0.3, -0.25) is 14.7 Å². The van der Waals surface area contributed by atoms with Gasteiger partial charge < -0.3 is 10.2 Å². The summed E-state index contributed by atoms with van der Waals surface area (Å²) in [6.07, 6.45) is 4.94. The number of hydrogen-bond acceptors (Lipinski definition) is 4. The van der Waals surface area contributed by atoms with Crippen LogP contribution in [0.15, 0.2) is 30.5 Å². The third-order valence-electron chi connectivity index (χ3n) is 6.40. The summed E-state index contributed by atoms with van der Waals surface area (Å²) in [5, 5.41) is 2.65. The number of alkyl halides is 1. The van der Waals surface area contributed by atoms with Crippen LogP contribution in [0.1, 0.15) is 31.7 Å². The zero-order valence-corrected chi connectivity index (χ0v) is 20.8. The Labute approximate surface area is 188 Å². The Bertz CT molecular complexity index is 958. The van der Waals surface area contributed by atoms with Crippen LogP contribution in [-0.4, -0.2) is 55.1 Å². The number of hydrogen-bond donors (Lipinski definition) is 1. The molecule has 0 spiro atoms. The SMILES string of the molecule is C[C@H]1C[C@@H](NC(=O)C(C2CC2)N(C)C)CN(c2ccc(C(F)(P)P)c3ncccc23)C1. The summed E-state index contributed by atoms with van der Waals surface area (Å²) < 4.78 is 14.7. The highest BCUT2D eigenvalue weighted by molar-refractivity contribution is 7.38. The van der Waals surface area contributed by atoms with Crippen LogP contribution in [0.2, 0.25) is 0 Å². The summed E-state index contributed by atoms with van der Waals surface area (Å²) in [4.78, 5) is 21.9. The Kier molecular flexibility index (Phi) is 6.54. The average molecular weight is 462 g/mol.